The summed E-state index contributed by atoms with van der Waals surface area (Å²) in [6.07, 6.45) is 0. The second-order valence-electron chi connectivity index (χ2n) is 2.82. The minimum Gasteiger partial charge on any atom is -0.492 e. The number of anilines is 1. The summed E-state index contributed by atoms with van der Waals surface area (Å²) in [5, 5.41) is 0. The van der Waals surface area contributed by atoms with Gasteiger partial charge in [-0.15, -0.1) is 9.42 Å². The Hall–Kier alpha value is -1.16. The summed E-state index contributed by atoms with van der Waals surface area (Å²) in [6, 6.07) is 5.09. The topological polar surface area (TPSA) is 81.8 Å². The SMILES string of the molecule is CCOc1cc(CO[P+](=O)O)ccc1N. The lowest BCUT2D eigenvalue weighted by atomic mass is 10.2. The van der Waals surface area contributed by atoms with Crippen LogP contribution in [0, 0.1) is 0 Å². The molecule has 0 saturated carbocycles. The van der Waals surface area contributed by atoms with Crippen molar-refractivity contribution in [1.29, 1.82) is 0 Å². The fourth-order valence-corrected chi connectivity index (χ4v) is 1.34. The summed E-state index contributed by atoms with van der Waals surface area (Å²) in [5.74, 6) is 0.562. The maximum Gasteiger partial charge on any atom is 0.695 e. The van der Waals surface area contributed by atoms with E-state index in [4.69, 9.17) is 15.4 Å². The Kier molecular flexibility index (Phi) is 4.49. The maximum atomic E-state index is 10.3. The minimum atomic E-state index is -2.57. The van der Waals surface area contributed by atoms with Gasteiger partial charge in [-0.3, -0.25) is 0 Å². The van der Waals surface area contributed by atoms with Crippen molar-refractivity contribution in [2.75, 3.05) is 12.3 Å². The Morgan fingerprint density at radius 3 is 2.87 bits per heavy atom. The van der Waals surface area contributed by atoms with E-state index in [1.807, 2.05) is 6.92 Å². The number of hydrogen-bond donors (Lipinski definition) is 2. The van der Waals surface area contributed by atoms with Gasteiger partial charge in [0.15, 0.2) is 0 Å². The fraction of sp³-hybridized carbons (Fsp3) is 0.333. The maximum absolute atomic E-state index is 10.3. The molecule has 0 spiro atoms. The highest BCUT2D eigenvalue weighted by Gasteiger charge is 2.12. The Morgan fingerprint density at radius 1 is 1.53 bits per heavy atom. The third-order valence-electron chi connectivity index (χ3n) is 1.72. The van der Waals surface area contributed by atoms with Crippen LogP contribution in [-0.2, 0) is 15.7 Å². The average Bonchev–Trinajstić information content (AvgIpc) is 2.19. The molecule has 1 rings (SSSR count). The van der Waals surface area contributed by atoms with Gasteiger partial charge < -0.3 is 10.5 Å². The van der Waals surface area contributed by atoms with Crippen molar-refractivity contribution in [3.05, 3.63) is 23.8 Å². The van der Waals surface area contributed by atoms with Crippen molar-refractivity contribution in [3.63, 3.8) is 0 Å². The van der Waals surface area contributed by atoms with Gasteiger partial charge in [0.25, 0.3) is 0 Å². The summed E-state index contributed by atoms with van der Waals surface area (Å²) in [6.45, 7) is 2.43. The van der Waals surface area contributed by atoms with Crippen LogP contribution in [0.5, 0.6) is 5.75 Å². The van der Waals surface area contributed by atoms with Crippen LogP contribution in [0.15, 0.2) is 18.2 Å². The number of benzene rings is 1. The Balaban J connectivity index is 2.73. The highest BCUT2D eigenvalue weighted by Crippen LogP contribution is 2.25. The third kappa shape index (κ3) is 3.83. The van der Waals surface area contributed by atoms with Crippen LogP contribution in [0.4, 0.5) is 5.69 Å². The molecule has 0 aliphatic heterocycles. The Morgan fingerprint density at radius 2 is 2.27 bits per heavy atom. The first-order valence-electron chi connectivity index (χ1n) is 4.43. The van der Waals surface area contributed by atoms with E-state index in [2.05, 4.69) is 4.52 Å². The summed E-state index contributed by atoms with van der Waals surface area (Å²) < 4.78 is 20.2. The molecule has 5 nitrogen and oxygen atoms in total. The molecule has 0 aliphatic carbocycles. The van der Waals surface area contributed by atoms with Crippen LogP contribution < -0.4 is 10.5 Å². The Bertz CT molecular complexity index is 356. The van der Waals surface area contributed by atoms with Crippen molar-refractivity contribution in [3.8, 4) is 5.75 Å². The first-order valence-corrected chi connectivity index (χ1v) is 5.56. The molecule has 0 bridgehead atoms. The summed E-state index contributed by atoms with van der Waals surface area (Å²) in [7, 11) is -2.57. The molecule has 0 amide bonds. The zero-order chi connectivity index (χ0) is 11.3. The molecule has 0 radical (unpaired) electrons. The standard InChI is InChI=1S/C9H12NO4P/c1-2-13-9-5-7(3-4-8(9)10)6-14-15(11)12/h3-5H,2,6,10H2,1H3/p+1. The van der Waals surface area contributed by atoms with Crippen LogP contribution in [0.25, 0.3) is 0 Å². The van der Waals surface area contributed by atoms with Gasteiger partial charge in [-0.05, 0) is 24.6 Å². The monoisotopic (exact) mass is 230 g/mol. The van der Waals surface area contributed by atoms with Gasteiger partial charge in [-0.2, -0.15) is 0 Å². The second kappa shape index (κ2) is 5.66. The van der Waals surface area contributed by atoms with Gasteiger partial charge in [-0.1, -0.05) is 6.07 Å². The predicted molar refractivity (Wildman–Crippen MR) is 56.6 cm³/mol. The highest BCUT2D eigenvalue weighted by atomic mass is 31.1. The molecular weight excluding hydrogens is 217 g/mol. The molecule has 15 heavy (non-hydrogen) atoms. The molecule has 0 fully saturated rings. The average molecular weight is 230 g/mol. The van der Waals surface area contributed by atoms with E-state index in [1.54, 1.807) is 18.2 Å². The van der Waals surface area contributed by atoms with Gasteiger partial charge in [-0.25, -0.2) is 0 Å². The summed E-state index contributed by atoms with van der Waals surface area (Å²) >= 11 is 0. The normalized spacial score (nSPS) is 11.2. The van der Waals surface area contributed by atoms with Crippen molar-refractivity contribution in [2.24, 2.45) is 0 Å². The van der Waals surface area contributed by atoms with Crippen molar-refractivity contribution in [2.45, 2.75) is 13.5 Å². The lowest BCUT2D eigenvalue weighted by Gasteiger charge is -2.07. The largest absolute Gasteiger partial charge is 0.695 e. The molecular formula is C9H13NO4P+. The molecule has 0 heterocycles. The number of hydrogen-bond acceptors (Lipinski definition) is 4. The van der Waals surface area contributed by atoms with Gasteiger partial charge in [0.2, 0.25) is 0 Å². The van der Waals surface area contributed by atoms with E-state index >= 15 is 0 Å². The molecule has 1 atom stereocenters. The first-order chi connectivity index (χ1) is 7.13. The highest BCUT2D eigenvalue weighted by molar-refractivity contribution is 7.32. The van der Waals surface area contributed by atoms with Crippen LogP contribution in [0.1, 0.15) is 12.5 Å². The molecule has 1 aromatic rings. The zero-order valence-corrected chi connectivity index (χ0v) is 9.24. The molecule has 0 aromatic heterocycles. The molecule has 1 unspecified atom stereocenters. The molecule has 0 aliphatic rings. The van der Waals surface area contributed by atoms with Crippen LogP contribution in [0.3, 0.4) is 0 Å². The lowest BCUT2D eigenvalue weighted by molar-refractivity contribution is 0.271. The van der Waals surface area contributed by atoms with Gasteiger partial charge >= 0.3 is 8.25 Å². The molecule has 6 heteroatoms. The zero-order valence-electron chi connectivity index (χ0n) is 8.34. The van der Waals surface area contributed by atoms with Crippen molar-refractivity contribution >= 4 is 13.9 Å². The van der Waals surface area contributed by atoms with E-state index in [-0.39, 0.29) is 6.61 Å². The number of ether oxygens (including phenoxy) is 1. The lowest BCUT2D eigenvalue weighted by Crippen LogP contribution is -1.98. The van der Waals surface area contributed by atoms with Gasteiger partial charge in [0.1, 0.15) is 12.4 Å². The second-order valence-corrected chi connectivity index (χ2v) is 3.55. The van der Waals surface area contributed by atoms with Crippen molar-refractivity contribution in [1.82, 2.24) is 0 Å². The number of nitrogen functional groups attached to an aromatic ring is 1. The predicted octanol–water partition coefficient (Wildman–Crippen LogP) is 1.83. The minimum absolute atomic E-state index is 0.0616. The van der Waals surface area contributed by atoms with Crippen LogP contribution in [-0.4, -0.2) is 11.5 Å². The van der Waals surface area contributed by atoms with Gasteiger partial charge in [0, 0.05) is 4.57 Å². The van der Waals surface area contributed by atoms with Crippen LogP contribution >= 0.6 is 8.25 Å². The third-order valence-corrected chi connectivity index (χ3v) is 2.07. The molecule has 1 aromatic carbocycles. The smallest absolute Gasteiger partial charge is 0.492 e. The summed E-state index contributed by atoms with van der Waals surface area (Å²) in [4.78, 5) is 8.47. The van der Waals surface area contributed by atoms with E-state index in [1.165, 1.54) is 0 Å². The molecule has 3 N–H and O–H groups in total. The first kappa shape index (κ1) is 11.9. The van der Waals surface area contributed by atoms with Gasteiger partial charge in [0.05, 0.1) is 12.3 Å². The van der Waals surface area contributed by atoms with E-state index in [0.717, 1.165) is 5.56 Å². The summed E-state index contributed by atoms with van der Waals surface area (Å²) in [5.41, 5.74) is 6.94. The Labute approximate surface area is 88.8 Å². The number of rotatable bonds is 5. The van der Waals surface area contributed by atoms with Crippen molar-refractivity contribution < 1.29 is 18.7 Å². The van der Waals surface area contributed by atoms with E-state index in [0.29, 0.717) is 18.0 Å². The van der Waals surface area contributed by atoms with Crippen LogP contribution in [0.2, 0.25) is 0 Å². The quantitative estimate of drug-likeness (QED) is 0.595. The van der Waals surface area contributed by atoms with E-state index < -0.39 is 8.25 Å². The fourth-order valence-electron chi connectivity index (χ4n) is 1.08. The molecule has 0 saturated heterocycles. The molecule has 82 valence electrons. The number of nitrogens with two attached hydrogens (primary N) is 1. The van der Waals surface area contributed by atoms with E-state index in [9.17, 15) is 4.57 Å².